The summed E-state index contributed by atoms with van der Waals surface area (Å²) in [4.78, 5) is 0. The monoisotopic (exact) mass is 235 g/mol. The first-order valence-electron chi connectivity index (χ1n) is 5.62. The Morgan fingerprint density at radius 3 is 2.76 bits per heavy atom. The van der Waals surface area contributed by atoms with Crippen LogP contribution in [0.1, 0.15) is 31.9 Å². The Morgan fingerprint density at radius 2 is 2.18 bits per heavy atom. The molecule has 2 unspecified atom stereocenters. The summed E-state index contributed by atoms with van der Waals surface area (Å²) in [5.74, 6) is 2.87. The van der Waals surface area contributed by atoms with Gasteiger partial charge in [0.05, 0.1) is 7.11 Å². The van der Waals surface area contributed by atoms with Crippen molar-refractivity contribution >= 4 is 0 Å². The quantitative estimate of drug-likeness (QED) is 0.792. The Kier molecular flexibility index (Phi) is 4.99. The van der Waals surface area contributed by atoms with Crippen molar-refractivity contribution in [3.63, 3.8) is 0 Å². The molecule has 3 heteroatoms. The Bertz CT molecular complexity index is 411. The molecule has 0 radical (unpaired) electrons. The molecule has 1 aromatic rings. The first kappa shape index (κ1) is 13.5. The van der Waals surface area contributed by atoms with Crippen LogP contribution in [0.2, 0.25) is 0 Å². The van der Waals surface area contributed by atoms with Gasteiger partial charge in [0.2, 0.25) is 0 Å². The van der Waals surface area contributed by atoms with Crippen molar-refractivity contribution in [2.24, 2.45) is 0 Å². The summed E-state index contributed by atoms with van der Waals surface area (Å²) in [5.41, 5.74) is 0.541. The number of rotatable bonds is 5. The van der Waals surface area contributed by atoms with Gasteiger partial charge in [-0.1, -0.05) is 6.07 Å². The fraction of sp³-hybridized carbons (Fsp3) is 0.429. The average Bonchev–Trinajstić information content (AvgIpc) is 2.28. The van der Waals surface area contributed by atoms with E-state index in [0.717, 1.165) is 0 Å². The molecule has 0 amide bonds. The van der Waals surface area contributed by atoms with Crippen LogP contribution in [-0.4, -0.2) is 13.2 Å². The van der Waals surface area contributed by atoms with E-state index in [1.807, 2.05) is 13.8 Å². The van der Waals surface area contributed by atoms with Crippen LogP contribution in [-0.2, 0) is 0 Å². The standard InChI is InChI=1S/C14H18FNO/c1-5-7-10(2)16-11(3)14-12(15)8-6-9-13(14)17-4/h1,6,8-11,16H,7H2,2-4H3. The third-order valence-electron chi connectivity index (χ3n) is 2.62. The molecule has 1 rings (SSSR count). The van der Waals surface area contributed by atoms with Gasteiger partial charge in [-0.05, 0) is 26.0 Å². The summed E-state index contributed by atoms with van der Waals surface area (Å²) in [6, 6.07) is 4.81. The van der Waals surface area contributed by atoms with Crippen molar-refractivity contribution in [3.05, 3.63) is 29.6 Å². The highest BCUT2D eigenvalue weighted by Crippen LogP contribution is 2.27. The van der Waals surface area contributed by atoms with Crippen LogP contribution in [0.15, 0.2) is 18.2 Å². The molecule has 0 saturated carbocycles. The number of hydrogen-bond donors (Lipinski definition) is 1. The van der Waals surface area contributed by atoms with Gasteiger partial charge in [0.15, 0.2) is 0 Å². The smallest absolute Gasteiger partial charge is 0.131 e. The van der Waals surface area contributed by atoms with Gasteiger partial charge in [-0.15, -0.1) is 12.3 Å². The van der Waals surface area contributed by atoms with Crippen LogP contribution in [0.3, 0.4) is 0 Å². The van der Waals surface area contributed by atoms with E-state index in [-0.39, 0.29) is 17.9 Å². The minimum Gasteiger partial charge on any atom is -0.496 e. The lowest BCUT2D eigenvalue weighted by Gasteiger charge is -2.21. The number of methoxy groups -OCH3 is 1. The van der Waals surface area contributed by atoms with Crippen molar-refractivity contribution in [1.82, 2.24) is 5.32 Å². The fourth-order valence-corrected chi connectivity index (χ4v) is 1.86. The van der Waals surface area contributed by atoms with Crippen molar-refractivity contribution in [2.75, 3.05) is 7.11 Å². The summed E-state index contributed by atoms with van der Waals surface area (Å²) in [6.45, 7) is 3.87. The molecule has 0 aromatic heterocycles. The van der Waals surface area contributed by atoms with Gasteiger partial charge in [0.25, 0.3) is 0 Å². The molecule has 0 fully saturated rings. The van der Waals surface area contributed by atoms with Crippen LogP contribution in [0.25, 0.3) is 0 Å². The second kappa shape index (κ2) is 6.27. The summed E-state index contributed by atoms with van der Waals surface area (Å²) < 4.78 is 18.9. The first-order valence-corrected chi connectivity index (χ1v) is 5.62. The Hall–Kier alpha value is -1.53. The predicted molar refractivity (Wildman–Crippen MR) is 67.4 cm³/mol. The zero-order valence-corrected chi connectivity index (χ0v) is 10.5. The predicted octanol–water partition coefficient (Wildman–Crippen LogP) is 2.90. The zero-order chi connectivity index (χ0) is 12.8. The lowest BCUT2D eigenvalue weighted by molar-refractivity contribution is 0.387. The number of hydrogen-bond acceptors (Lipinski definition) is 2. The third-order valence-corrected chi connectivity index (χ3v) is 2.62. The average molecular weight is 235 g/mol. The van der Waals surface area contributed by atoms with E-state index >= 15 is 0 Å². The summed E-state index contributed by atoms with van der Waals surface area (Å²) in [7, 11) is 1.54. The van der Waals surface area contributed by atoms with E-state index in [1.54, 1.807) is 12.1 Å². The van der Waals surface area contributed by atoms with Crippen LogP contribution >= 0.6 is 0 Å². The molecule has 0 heterocycles. The molecular formula is C14H18FNO. The van der Waals surface area contributed by atoms with E-state index in [9.17, 15) is 4.39 Å². The molecule has 0 aliphatic heterocycles. The fourth-order valence-electron chi connectivity index (χ4n) is 1.86. The second-order valence-electron chi connectivity index (χ2n) is 4.05. The van der Waals surface area contributed by atoms with E-state index in [0.29, 0.717) is 17.7 Å². The lowest BCUT2D eigenvalue weighted by atomic mass is 10.0. The van der Waals surface area contributed by atoms with Crippen molar-refractivity contribution in [2.45, 2.75) is 32.4 Å². The molecular weight excluding hydrogens is 217 g/mol. The molecule has 0 aliphatic carbocycles. The van der Waals surface area contributed by atoms with Gasteiger partial charge in [0.1, 0.15) is 11.6 Å². The van der Waals surface area contributed by atoms with Gasteiger partial charge in [0, 0.05) is 24.1 Å². The van der Waals surface area contributed by atoms with Gasteiger partial charge < -0.3 is 10.1 Å². The van der Waals surface area contributed by atoms with E-state index < -0.39 is 0 Å². The Balaban J connectivity index is 2.88. The topological polar surface area (TPSA) is 21.3 Å². The molecule has 2 atom stereocenters. The summed E-state index contributed by atoms with van der Waals surface area (Å²) in [5, 5.41) is 3.25. The highest BCUT2D eigenvalue weighted by molar-refractivity contribution is 5.36. The van der Waals surface area contributed by atoms with Gasteiger partial charge in [-0.3, -0.25) is 0 Å². The van der Waals surface area contributed by atoms with Crippen LogP contribution in [0, 0.1) is 18.2 Å². The number of ether oxygens (including phenoxy) is 1. The van der Waals surface area contributed by atoms with Crippen molar-refractivity contribution < 1.29 is 9.13 Å². The van der Waals surface area contributed by atoms with E-state index in [1.165, 1.54) is 13.2 Å². The Labute approximate surface area is 102 Å². The van der Waals surface area contributed by atoms with Gasteiger partial charge >= 0.3 is 0 Å². The van der Waals surface area contributed by atoms with Gasteiger partial charge in [-0.2, -0.15) is 0 Å². The largest absolute Gasteiger partial charge is 0.496 e. The zero-order valence-electron chi connectivity index (χ0n) is 10.5. The Morgan fingerprint density at radius 1 is 1.47 bits per heavy atom. The minimum absolute atomic E-state index is 0.138. The molecule has 92 valence electrons. The highest BCUT2D eigenvalue weighted by atomic mass is 19.1. The number of terminal acetylenes is 1. The highest BCUT2D eigenvalue weighted by Gasteiger charge is 2.17. The van der Waals surface area contributed by atoms with E-state index in [2.05, 4.69) is 11.2 Å². The molecule has 17 heavy (non-hydrogen) atoms. The van der Waals surface area contributed by atoms with Crippen LogP contribution < -0.4 is 10.1 Å². The maximum Gasteiger partial charge on any atom is 0.131 e. The molecule has 0 bridgehead atoms. The molecule has 0 spiro atoms. The van der Waals surface area contributed by atoms with Crippen LogP contribution in [0.4, 0.5) is 4.39 Å². The summed E-state index contributed by atoms with van der Waals surface area (Å²) >= 11 is 0. The SMILES string of the molecule is C#CCC(C)NC(C)c1c(F)cccc1OC. The van der Waals surface area contributed by atoms with Crippen molar-refractivity contribution in [3.8, 4) is 18.1 Å². The van der Waals surface area contributed by atoms with Crippen molar-refractivity contribution in [1.29, 1.82) is 0 Å². The second-order valence-corrected chi connectivity index (χ2v) is 4.05. The first-order chi connectivity index (χ1) is 8.10. The molecule has 0 aliphatic rings. The number of benzene rings is 1. The van der Waals surface area contributed by atoms with Crippen LogP contribution in [0.5, 0.6) is 5.75 Å². The van der Waals surface area contributed by atoms with E-state index in [4.69, 9.17) is 11.2 Å². The normalized spacial score (nSPS) is 13.8. The molecule has 0 saturated heterocycles. The number of halogens is 1. The summed E-state index contributed by atoms with van der Waals surface area (Å²) in [6.07, 6.45) is 5.85. The third kappa shape index (κ3) is 3.47. The van der Waals surface area contributed by atoms with Gasteiger partial charge in [-0.25, -0.2) is 4.39 Å². The molecule has 1 aromatic carbocycles. The lowest BCUT2D eigenvalue weighted by Crippen LogP contribution is -2.29. The maximum atomic E-state index is 13.8. The maximum absolute atomic E-state index is 13.8. The molecule has 2 nitrogen and oxygen atoms in total. The molecule has 1 N–H and O–H groups in total. The number of nitrogens with one attached hydrogen (secondary N) is 1. The minimum atomic E-state index is -0.266.